The lowest BCUT2D eigenvalue weighted by Gasteiger charge is -2.29. The summed E-state index contributed by atoms with van der Waals surface area (Å²) < 4.78 is 46.0. The van der Waals surface area contributed by atoms with E-state index in [9.17, 15) is 18.0 Å². The van der Waals surface area contributed by atoms with Crippen LogP contribution >= 0.6 is 0 Å². The summed E-state index contributed by atoms with van der Waals surface area (Å²) in [5.41, 5.74) is 0.497. The second kappa shape index (κ2) is 9.38. The number of amides is 1. The highest BCUT2D eigenvalue weighted by atomic mass is 19.4. The Labute approximate surface area is 178 Å². The van der Waals surface area contributed by atoms with E-state index in [4.69, 9.17) is 9.84 Å². The molecule has 1 saturated heterocycles. The smallest absolute Gasteiger partial charge is 0.419 e. The van der Waals surface area contributed by atoms with Crippen molar-refractivity contribution >= 4 is 11.7 Å². The van der Waals surface area contributed by atoms with E-state index in [0.29, 0.717) is 31.0 Å². The van der Waals surface area contributed by atoms with Crippen LogP contribution in [0, 0.1) is 0 Å². The van der Waals surface area contributed by atoms with E-state index in [-0.39, 0.29) is 19.0 Å². The minimum Gasteiger partial charge on any atom is -0.487 e. The van der Waals surface area contributed by atoms with Gasteiger partial charge in [0, 0.05) is 31.9 Å². The first-order chi connectivity index (χ1) is 14.7. The van der Waals surface area contributed by atoms with Gasteiger partial charge < -0.3 is 14.7 Å². The van der Waals surface area contributed by atoms with Gasteiger partial charge in [-0.1, -0.05) is 18.7 Å². The fraction of sp³-hybridized carbons (Fsp3) is 0.364. The number of aromatic nitrogens is 1. The second-order valence-corrected chi connectivity index (χ2v) is 7.31. The summed E-state index contributed by atoms with van der Waals surface area (Å²) >= 11 is 0. The van der Waals surface area contributed by atoms with Gasteiger partial charge in [-0.3, -0.25) is 9.69 Å². The molecule has 31 heavy (non-hydrogen) atoms. The summed E-state index contributed by atoms with van der Waals surface area (Å²) in [7, 11) is 0. The minimum absolute atomic E-state index is 0.0544. The van der Waals surface area contributed by atoms with Crippen molar-refractivity contribution in [1.29, 1.82) is 0 Å². The molecule has 0 spiro atoms. The molecule has 1 aliphatic rings. The van der Waals surface area contributed by atoms with Gasteiger partial charge >= 0.3 is 6.18 Å². The van der Waals surface area contributed by atoms with Gasteiger partial charge in [-0.15, -0.1) is 0 Å². The Balaban J connectivity index is 1.68. The number of aliphatic hydroxyl groups excluding tert-OH is 1. The molecule has 0 bridgehead atoms. The molecule has 1 atom stereocenters. The Morgan fingerprint density at radius 3 is 2.65 bits per heavy atom. The third-order valence-corrected chi connectivity index (χ3v) is 5.15. The molecule has 6 nitrogen and oxygen atoms in total. The number of hydrogen-bond donors (Lipinski definition) is 1. The van der Waals surface area contributed by atoms with E-state index in [1.54, 1.807) is 24.3 Å². The number of hydrogen-bond acceptors (Lipinski definition) is 5. The number of pyridine rings is 1. The van der Waals surface area contributed by atoms with Gasteiger partial charge in [0.05, 0.1) is 18.2 Å². The minimum atomic E-state index is -4.61. The monoisotopic (exact) mass is 435 g/mol. The highest BCUT2D eigenvalue weighted by molar-refractivity contribution is 5.92. The number of ether oxygens (including phenoxy) is 1. The molecule has 1 aliphatic heterocycles. The fourth-order valence-electron chi connectivity index (χ4n) is 3.58. The number of carbonyl (C=O) groups excluding carboxylic acids is 1. The maximum absolute atomic E-state index is 13.4. The van der Waals surface area contributed by atoms with Crippen molar-refractivity contribution in [2.45, 2.75) is 32.2 Å². The molecule has 1 aromatic carbocycles. The zero-order valence-corrected chi connectivity index (χ0v) is 17.1. The highest BCUT2D eigenvalue weighted by Crippen LogP contribution is 2.37. The van der Waals surface area contributed by atoms with Crippen LogP contribution in [0.1, 0.15) is 24.5 Å². The van der Waals surface area contributed by atoms with Crippen LogP contribution in [-0.2, 0) is 17.6 Å². The maximum Gasteiger partial charge on any atom is 0.419 e. The molecule has 0 saturated carbocycles. The molecule has 1 aromatic heterocycles. The van der Waals surface area contributed by atoms with E-state index in [0.717, 1.165) is 16.5 Å². The number of nitrogens with zero attached hydrogens (tertiary/aromatic N) is 3. The summed E-state index contributed by atoms with van der Waals surface area (Å²) in [4.78, 5) is 19.2. The van der Waals surface area contributed by atoms with E-state index in [1.165, 1.54) is 19.2 Å². The number of alkyl halides is 3. The number of rotatable bonds is 7. The van der Waals surface area contributed by atoms with Crippen molar-refractivity contribution in [3.8, 4) is 5.75 Å². The Kier molecular flexibility index (Phi) is 6.84. The summed E-state index contributed by atoms with van der Waals surface area (Å²) in [6.07, 6.45) is -2.88. The molecule has 0 unspecified atom stereocenters. The number of aliphatic hydroxyl groups is 1. The third kappa shape index (κ3) is 5.35. The molecule has 9 heteroatoms. The van der Waals surface area contributed by atoms with Crippen molar-refractivity contribution in [3.05, 3.63) is 66.0 Å². The molecule has 1 N–H and O–H groups in total. The fourth-order valence-corrected chi connectivity index (χ4v) is 3.58. The first-order valence-electron chi connectivity index (χ1n) is 9.78. The van der Waals surface area contributed by atoms with Gasteiger partial charge in [-0.2, -0.15) is 13.2 Å². The number of likely N-dealkylation sites (tertiary alicyclic amines) is 1. The zero-order valence-electron chi connectivity index (χ0n) is 17.1. The topological polar surface area (TPSA) is 65.9 Å². The number of halogens is 3. The highest BCUT2D eigenvalue weighted by Gasteiger charge is 2.39. The lowest BCUT2D eigenvalue weighted by atomic mass is 10.1. The number of anilines is 1. The summed E-state index contributed by atoms with van der Waals surface area (Å²) in [5.74, 6) is -0.259. The standard InChI is InChI=1S/C22H24F3N3O3/c1-15(14-31-19-7-5-17(13-29)6-8-19)27-11-9-18(12-27)28(16(2)30)21-20(22(23,24)25)4-3-10-26-21/h3-8,10,18,29H,1,9,11-14H2,2H3/t18-/m0/s1. The molecule has 166 valence electrons. The van der Waals surface area contributed by atoms with Crippen LogP contribution in [0.2, 0.25) is 0 Å². The molecule has 3 rings (SSSR count). The first kappa shape index (κ1) is 22.6. The number of benzene rings is 1. The second-order valence-electron chi connectivity index (χ2n) is 7.31. The third-order valence-electron chi connectivity index (χ3n) is 5.15. The van der Waals surface area contributed by atoms with Crippen LogP contribution < -0.4 is 9.64 Å². The Morgan fingerprint density at radius 2 is 2.03 bits per heavy atom. The van der Waals surface area contributed by atoms with E-state index < -0.39 is 23.7 Å². The summed E-state index contributed by atoms with van der Waals surface area (Å²) in [6, 6.07) is 8.65. The summed E-state index contributed by atoms with van der Waals surface area (Å²) in [6.45, 7) is 6.27. The van der Waals surface area contributed by atoms with Crippen molar-refractivity contribution < 1.29 is 27.8 Å². The molecular formula is C22H24F3N3O3. The molecular weight excluding hydrogens is 411 g/mol. The maximum atomic E-state index is 13.4. The molecule has 2 aromatic rings. The Morgan fingerprint density at radius 1 is 1.32 bits per heavy atom. The van der Waals surface area contributed by atoms with Crippen molar-refractivity contribution in [3.63, 3.8) is 0 Å². The average Bonchev–Trinajstić information content (AvgIpc) is 3.21. The SMILES string of the molecule is C=C(COc1ccc(CO)cc1)N1CC[C@H](N(C(C)=O)c2ncccc2C(F)(F)F)C1. The van der Waals surface area contributed by atoms with Crippen LogP contribution in [0.3, 0.4) is 0 Å². The van der Waals surface area contributed by atoms with Crippen molar-refractivity contribution in [2.75, 3.05) is 24.6 Å². The van der Waals surface area contributed by atoms with Gasteiger partial charge in [-0.25, -0.2) is 4.98 Å². The largest absolute Gasteiger partial charge is 0.487 e. The Hall–Kier alpha value is -3.07. The predicted molar refractivity (Wildman–Crippen MR) is 109 cm³/mol. The number of carbonyl (C=O) groups is 1. The lowest BCUT2D eigenvalue weighted by Crippen LogP contribution is -2.42. The van der Waals surface area contributed by atoms with E-state index >= 15 is 0 Å². The van der Waals surface area contributed by atoms with Crippen LogP contribution in [-0.4, -0.2) is 46.6 Å². The molecule has 2 heterocycles. The van der Waals surface area contributed by atoms with Crippen LogP contribution in [0.4, 0.5) is 19.0 Å². The zero-order chi connectivity index (χ0) is 22.6. The van der Waals surface area contributed by atoms with Gasteiger partial charge in [0.25, 0.3) is 0 Å². The quantitative estimate of drug-likeness (QED) is 0.720. The normalized spacial score (nSPS) is 16.3. The van der Waals surface area contributed by atoms with Gasteiger partial charge in [0.15, 0.2) is 0 Å². The predicted octanol–water partition coefficient (Wildman–Crippen LogP) is 3.61. The average molecular weight is 435 g/mol. The van der Waals surface area contributed by atoms with Crippen molar-refractivity contribution in [2.24, 2.45) is 0 Å². The van der Waals surface area contributed by atoms with Gasteiger partial charge in [0.2, 0.25) is 5.91 Å². The molecule has 1 fully saturated rings. The molecule has 0 radical (unpaired) electrons. The van der Waals surface area contributed by atoms with Gasteiger partial charge in [0.1, 0.15) is 18.2 Å². The first-order valence-corrected chi connectivity index (χ1v) is 9.78. The van der Waals surface area contributed by atoms with Gasteiger partial charge in [-0.05, 0) is 36.2 Å². The van der Waals surface area contributed by atoms with Crippen LogP contribution in [0.5, 0.6) is 5.75 Å². The lowest BCUT2D eigenvalue weighted by molar-refractivity contribution is -0.137. The molecule has 1 amide bonds. The van der Waals surface area contributed by atoms with Crippen LogP contribution in [0.25, 0.3) is 0 Å². The molecule has 0 aliphatic carbocycles. The van der Waals surface area contributed by atoms with E-state index in [1.807, 2.05) is 4.90 Å². The summed E-state index contributed by atoms with van der Waals surface area (Å²) in [5, 5.41) is 9.09. The Bertz CT molecular complexity index is 932. The van der Waals surface area contributed by atoms with Crippen molar-refractivity contribution in [1.82, 2.24) is 9.88 Å². The van der Waals surface area contributed by atoms with Crippen LogP contribution in [0.15, 0.2) is 54.9 Å². The van der Waals surface area contributed by atoms with E-state index in [2.05, 4.69) is 11.6 Å².